The van der Waals surface area contributed by atoms with Crippen LogP contribution in [0.4, 0.5) is 4.39 Å². The molecule has 0 N–H and O–H groups in total. The van der Waals surface area contributed by atoms with E-state index in [0.717, 1.165) is 5.56 Å². The second-order valence-corrected chi connectivity index (χ2v) is 7.66. The first-order valence-corrected chi connectivity index (χ1v) is 10.7. The van der Waals surface area contributed by atoms with Crippen LogP contribution in [0.5, 0.6) is 5.88 Å². The Morgan fingerprint density at radius 3 is 2.55 bits per heavy atom. The summed E-state index contributed by atoms with van der Waals surface area (Å²) in [6.07, 6.45) is 6.97. The third kappa shape index (κ3) is 6.09. The first-order valence-electron chi connectivity index (χ1n) is 10.7. The highest BCUT2D eigenvalue weighted by atomic mass is 19.1. The molecule has 0 aliphatic carbocycles. The normalized spacial score (nSPS) is 13.6. The van der Waals surface area contributed by atoms with Gasteiger partial charge < -0.3 is 14.5 Å². The number of carbonyl (C=O) groups is 2. The Labute approximate surface area is 191 Å². The van der Waals surface area contributed by atoms with Gasteiger partial charge in [-0.05, 0) is 23.8 Å². The highest BCUT2D eigenvalue weighted by Crippen LogP contribution is 2.15. The Kier molecular flexibility index (Phi) is 7.19. The van der Waals surface area contributed by atoms with E-state index in [1.807, 2.05) is 6.07 Å². The fourth-order valence-corrected chi connectivity index (χ4v) is 3.62. The van der Waals surface area contributed by atoms with Crippen molar-refractivity contribution in [2.45, 2.75) is 12.8 Å². The van der Waals surface area contributed by atoms with Crippen molar-refractivity contribution in [1.29, 1.82) is 0 Å². The van der Waals surface area contributed by atoms with Crippen molar-refractivity contribution in [1.82, 2.24) is 24.8 Å². The Hall–Kier alpha value is -3.88. The summed E-state index contributed by atoms with van der Waals surface area (Å²) in [5.41, 5.74) is 1.93. The number of ether oxygens (including phenoxy) is 1. The minimum atomic E-state index is -0.284. The molecule has 2 aromatic heterocycles. The van der Waals surface area contributed by atoms with E-state index in [0.29, 0.717) is 56.3 Å². The molecule has 4 rings (SSSR count). The van der Waals surface area contributed by atoms with E-state index in [4.69, 9.17) is 4.74 Å². The zero-order valence-electron chi connectivity index (χ0n) is 18.1. The first-order chi connectivity index (χ1) is 16.1. The van der Waals surface area contributed by atoms with E-state index in [1.54, 1.807) is 46.6 Å². The third-order valence-corrected chi connectivity index (χ3v) is 5.38. The fraction of sp³-hybridized carbons (Fsp3) is 0.292. The van der Waals surface area contributed by atoms with Crippen molar-refractivity contribution in [3.05, 3.63) is 83.8 Å². The average Bonchev–Trinajstić information content (AvgIpc) is 2.84. The molecule has 8 nitrogen and oxygen atoms in total. The molecule has 0 radical (unpaired) electrons. The average molecular weight is 449 g/mol. The summed E-state index contributed by atoms with van der Waals surface area (Å²) in [7, 11) is 0. The van der Waals surface area contributed by atoms with Gasteiger partial charge in [-0.1, -0.05) is 12.1 Å². The van der Waals surface area contributed by atoms with Gasteiger partial charge in [0.25, 0.3) is 5.91 Å². The molecule has 3 aromatic rings. The van der Waals surface area contributed by atoms with Gasteiger partial charge in [0.05, 0.1) is 18.7 Å². The van der Waals surface area contributed by atoms with Crippen molar-refractivity contribution in [3.8, 4) is 5.88 Å². The number of piperazine rings is 1. The molecule has 0 bridgehead atoms. The molecule has 1 aliphatic rings. The maximum absolute atomic E-state index is 13.3. The van der Waals surface area contributed by atoms with E-state index in [-0.39, 0.29) is 24.1 Å². The smallest absolute Gasteiger partial charge is 0.254 e. The van der Waals surface area contributed by atoms with Gasteiger partial charge in [0.1, 0.15) is 5.82 Å². The van der Waals surface area contributed by atoms with Crippen LogP contribution in [0.3, 0.4) is 0 Å². The van der Waals surface area contributed by atoms with E-state index in [9.17, 15) is 14.0 Å². The lowest BCUT2D eigenvalue weighted by Crippen LogP contribution is -2.51. The molecule has 0 unspecified atom stereocenters. The minimum absolute atomic E-state index is 0.0273. The zero-order chi connectivity index (χ0) is 23.0. The lowest BCUT2D eigenvalue weighted by molar-refractivity contribution is -0.132. The SMILES string of the molecule is O=C(Cc1cnccn1)N1CCN(C(=O)c2ccnc(OCCc3cccc(F)c3)c2)CC1. The minimum Gasteiger partial charge on any atom is -0.477 e. The maximum atomic E-state index is 13.3. The Morgan fingerprint density at radius 1 is 0.970 bits per heavy atom. The van der Waals surface area contributed by atoms with Gasteiger partial charge in [-0.15, -0.1) is 0 Å². The van der Waals surface area contributed by atoms with Crippen LogP contribution in [0.2, 0.25) is 0 Å². The molecule has 0 spiro atoms. The lowest BCUT2D eigenvalue weighted by Gasteiger charge is -2.34. The van der Waals surface area contributed by atoms with Crippen molar-refractivity contribution in [3.63, 3.8) is 0 Å². The number of benzene rings is 1. The molecular weight excluding hydrogens is 425 g/mol. The van der Waals surface area contributed by atoms with Crippen LogP contribution >= 0.6 is 0 Å². The Bertz CT molecular complexity index is 1100. The quantitative estimate of drug-likeness (QED) is 0.549. The first kappa shape index (κ1) is 22.3. The van der Waals surface area contributed by atoms with E-state index in [1.165, 1.54) is 18.3 Å². The monoisotopic (exact) mass is 449 g/mol. The number of aromatic nitrogens is 3. The van der Waals surface area contributed by atoms with Crippen LogP contribution in [0, 0.1) is 5.82 Å². The highest BCUT2D eigenvalue weighted by Gasteiger charge is 2.25. The summed E-state index contributed by atoms with van der Waals surface area (Å²) in [6.45, 7) is 2.15. The van der Waals surface area contributed by atoms with Crippen molar-refractivity contribution >= 4 is 11.8 Å². The second-order valence-electron chi connectivity index (χ2n) is 7.66. The van der Waals surface area contributed by atoms with Gasteiger partial charge in [0.15, 0.2) is 0 Å². The molecule has 33 heavy (non-hydrogen) atoms. The fourth-order valence-electron chi connectivity index (χ4n) is 3.62. The van der Waals surface area contributed by atoms with Crippen LogP contribution in [0.15, 0.2) is 61.2 Å². The number of amides is 2. The van der Waals surface area contributed by atoms with Gasteiger partial charge in [-0.2, -0.15) is 0 Å². The van der Waals surface area contributed by atoms with Crippen molar-refractivity contribution in [2.24, 2.45) is 0 Å². The third-order valence-electron chi connectivity index (χ3n) is 5.38. The number of rotatable bonds is 7. The Morgan fingerprint density at radius 2 is 1.79 bits per heavy atom. The van der Waals surface area contributed by atoms with Gasteiger partial charge in [0.2, 0.25) is 11.8 Å². The molecule has 0 saturated carbocycles. The van der Waals surface area contributed by atoms with Crippen LogP contribution in [-0.4, -0.2) is 69.4 Å². The molecule has 1 fully saturated rings. The van der Waals surface area contributed by atoms with Crippen molar-refractivity contribution in [2.75, 3.05) is 32.8 Å². The number of halogens is 1. The van der Waals surface area contributed by atoms with Crippen LogP contribution < -0.4 is 4.74 Å². The molecule has 3 heterocycles. The number of hydrogen-bond acceptors (Lipinski definition) is 6. The molecule has 9 heteroatoms. The van der Waals surface area contributed by atoms with Gasteiger partial charge >= 0.3 is 0 Å². The summed E-state index contributed by atoms with van der Waals surface area (Å²) in [5.74, 6) is -0.0994. The lowest BCUT2D eigenvalue weighted by atomic mass is 10.1. The standard InChI is InChI=1S/C24H24FN5O3/c25-20-3-1-2-18(14-20)5-13-33-22-15-19(4-6-28-22)24(32)30-11-9-29(10-12-30)23(31)16-21-17-26-7-8-27-21/h1-4,6-8,14-15,17H,5,9-13,16H2. The predicted molar refractivity (Wildman–Crippen MR) is 118 cm³/mol. The molecule has 1 saturated heterocycles. The number of pyridine rings is 1. The maximum Gasteiger partial charge on any atom is 0.254 e. The number of hydrogen-bond donors (Lipinski definition) is 0. The summed E-state index contributed by atoms with van der Waals surface area (Å²) in [6, 6.07) is 9.61. The van der Waals surface area contributed by atoms with Crippen molar-refractivity contribution < 1.29 is 18.7 Å². The van der Waals surface area contributed by atoms with E-state index < -0.39 is 0 Å². The molecular formula is C24H24FN5O3. The van der Waals surface area contributed by atoms with E-state index >= 15 is 0 Å². The van der Waals surface area contributed by atoms with Crippen LogP contribution in [0.1, 0.15) is 21.6 Å². The summed E-state index contributed by atoms with van der Waals surface area (Å²) in [4.78, 5) is 41.2. The molecule has 1 aliphatic heterocycles. The number of carbonyl (C=O) groups excluding carboxylic acids is 2. The van der Waals surface area contributed by atoms with Gasteiger partial charge in [-0.3, -0.25) is 19.6 Å². The van der Waals surface area contributed by atoms with Crippen LogP contribution in [-0.2, 0) is 17.6 Å². The highest BCUT2D eigenvalue weighted by molar-refractivity contribution is 5.94. The van der Waals surface area contributed by atoms with Gasteiger partial charge in [-0.25, -0.2) is 9.37 Å². The molecule has 1 aromatic carbocycles. The molecule has 2 amide bonds. The molecule has 170 valence electrons. The largest absolute Gasteiger partial charge is 0.477 e. The van der Waals surface area contributed by atoms with E-state index in [2.05, 4.69) is 15.0 Å². The molecule has 0 atom stereocenters. The number of nitrogens with zero attached hydrogens (tertiary/aromatic N) is 5. The van der Waals surface area contributed by atoms with Gasteiger partial charge in [0, 0.05) is 69.0 Å². The summed E-state index contributed by atoms with van der Waals surface area (Å²) in [5, 5.41) is 0. The summed E-state index contributed by atoms with van der Waals surface area (Å²) < 4.78 is 18.9. The zero-order valence-corrected chi connectivity index (χ0v) is 18.1. The predicted octanol–water partition coefficient (Wildman–Crippen LogP) is 2.16. The Balaban J connectivity index is 1.27. The second kappa shape index (κ2) is 10.6. The van der Waals surface area contributed by atoms with Crippen LogP contribution in [0.25, 0.3) is 0 Å². The topological polar surface area (TPSA) is 88.5 Å². The summed E-state index contributed by atoms with van der Waals surface area (Å²) >= 11 is 0.